The number of H-pyrrole nitrogens is 1. The summed E-state index contributed by atoms with van der Waals surface area (Å²) < 4.78 is 10.1. The van der Waals surface area contributed by atoms with Crippen LogP contribution in [0, 0.1) is 6.92 Å². The first-order chi connectivity index (χ1) is 8.10. The molecule has 17 heavy (non-hydrogen) atoms. The minimum atomic E-state index is -0.271. The van der Waals surface area contributed by atoms with Crippen molar-refractivity contribution in [3.63, 3.8) is 0 Å². The fraction of sp³-hybridized carbons (Fsp3) is 0.600. The van der Waals surface area contributed by atoms with Crippen molar-refractivity contribution >= 4 is 11.7 Å². The number of nitrogens with one attached hydrogen (secondary N) is 2. The number of amides is 1. The van der Waals surface area contributed by atoms with Gasteiger partial charge in [0.1, 0.15) is 5.56 Å². The second-order valence-electron chi connectivity index (χ2n) is 3.63. The molecule has 1 heterocycles. The molecule has 1 atom stereocenters. The third kappa shape index (κ3) is 3.43. The molecule has 1 unspecified atom stereocenters. The van der Waals surface area contributed by atoms with Gasteiger partial charge in [-0.1, -0.05) is 0 Å². The van der Waals surface area contributed by atoms with E-state index in [1.165, 1.54) is 0 Å². The van der Waals surface area contributed by atoms with E-state index in [-0.39, 0.29) is 17.8 Å². The molecule has 7 nitrogen and oxygen atoms in total. The summed E-state index contributed by atoms with van der Waals surface area (Å²) in [6, 6.07) is 0. The van der Waals surface area contributed by atoms with Crippen LogP contribution in [-0.2, 0) is 9.47 Å². The number of nitrogen functional groups attached to an aromatic ring is 1. The third-order valence-corrected chi connectivity index (χ3v) is 2.38. The lowest BCUT2D eigenvalue weighted by Gasteiger charge is -2.14. The molecule has 0 aliphatic rings. The van der Waals surface area contributed by atoms with Crippen LogP contribution in [0.4, 0.5) is 5.82 Å². The van der Waals surface area contributed by atoms with Gasteiger partial charge in [0.15, 0.2) is 5.82 Å². The quantitative estimate of drug-likeness (QED) is 0.635. The van der Waals surface area contributed by atoms with E-state index in [2.05, 4.69) is 15.5 Å². The molecule has 96 valence electrons. The highest BCUT2D eigenvalue weighted by Crippen LogP contribution is 2.11. The summed E-state index contributed by atoms with van der Waals surface area (Å²) in [5, 5.41) is 9.13. The zero-order valence-corrected chi connectivity index (χ0v) is 10.2. The van der Waals surface area contributed by atoms with Gasteiger partial charge in [0.05, 0.1) is 12.7 Å². The molecule has 1 aromatic rings. The van der Waals surface area contributed by atoms with E-state index >= 15 is 0 Å². The van der Waals surface area contributed by atoms with Gasteiger partial charge in [0, 0.05) is 26.5 Å². The van der Waals surface area contributed by atoms with Gasteiger partial charge >= 0.3 is 0 Å². The fourth-order valence-electron chi connectivity index (χ4n) is 1.43. The smallest absolute Gasteiger partial charge is 0.257 e. The Morgan fingerprint density at radius 2 is 2.29 bits per heavy atom. The topological polar surface area (TPSA) is 102 Å². The Labute approximate surface area is 99.7 Å². The molecule has 0 spiro atoms. The average Bonchev–Trinajstić information content (AvgIpc) is 2.64. The van der Waals surface area contributed by atoms with Crippen LogP contribution in [0.3, 0.4) is 0 Å². The lowest BCUT2D eigenvalue weighted by Crippen LogP contribution is -2.36. The molecule has 1 aromatic heterocycles. The molecule has 0 radical (unpaired) electrons. The number of ether oxygens (including phenoxy) is 2. The van der Waals surface area contributed by atoms with Crippen LogP contribution in [0.5, 0.6) is 0 Å². The number of rotatable bonds is 6. The molecule has 0 saturated carbocycles. The number of hydrogen-bond acceptors (Lipinski definition) is 5. The SMILES string of the molecule is COCC(CNC(=O)c1c(N)n[nH]c1C)OC. The number of anilines is 1. The average molecular weight is 242 g/mol. The summed E-state index contributed by atoms with van der Waals surface area (Å²) >= 11 is 0. The monoisotopic (exact) mass is 242 g/mol. The van der Waals surface area contributed by atoms with Gasteiger partial charge in [-0.15, -0.1) is 0 Å². The zero-order valence-electron chi connectivity index (χ0n) is 10.2. The lowest BCUT2D eigenvalue weighted by molar-refractivity contribution is 0.0285. The molecule has 0 aromatic carbocycles. The molecule has 7 heteroatoms. The largest absolute Gasteiger partial charge is 0.382 e. The van der Waals surface area contributed by atoms with Crippen LogP contribution >= 0.6 is 0 Å². The first kappa shape index (κ1) is 13.5. The van der Waals surface area contributed by atoms with Crippen LogP contribution < -0.4 is 11.1 Å². The van der Waals surface area contributed by atoms with Crippen molar-refractivity contribution in [2.75, 3.05) is 33.1 Å². The van der Waals surface area contributed by atoms with Crippen LogP contribution in [0.2, 0.25) is 0 Å². The number of aryl methyl sites for hydroxylation is 1. The second-order valence-corrected chi connectivity index (χ2v) is 3.63. The molecule has 4 N–H and O–H groups in total. The number of aromatic nitrogens is 2. The number of nitrogens with zero attached hydrogens (tertiary/aromatic N) is 1. The maximum atomic E-state index is 11.8. The summed E-state index contributed by atoms with van der Waals surface area (Å²) in [7, 11) is 3.14. The number of carbonyl (C=O) groups is 1. The van der Waals surface area contributed by atoms with Gasteiger partial charge in [-0.2, -0.15) is 5.10 Å². The minimum Gasteiger partial charge on any atom is -0.382 e. The first-order valence-corrected chi connectivity index (χ1v) is 5.20. The van der Waals surface area contributed by atoms with Gasteiger partial charge in [-0.25, -0.2) is 0 Å². The molecule has 0 saturated heterocycles. The van der Waals surface area contributed by atoms with E-state index in [4.69, 9.17) is 15.2 Å². The van der Waals surface area contributed by atoms with Crippen molar-refractivity contribution in [3.05, 3.63) is 11.3 Å². The van der Waals surface area contributed by atoms with Gasteiger partial charge in [-0.05, 0) is 6.92 Å². The second kappa shape index (κ2) is 6.21. The van der Waals surface area contributed by atoms with Gasteiger partial charge in [-0.3, -0.25) is 9.89 Å². The molecular formula is C10H18N4O3. The molecule has 1 amide bonds. The number of nitrogens with two attached hydrogens (primary N) is 1. The van der Waals surface area contributed by atoms with Gasteiger partial charge in [0.2, 0.25) is 0 Å². The Morgan fingerprint density at radius 1 is 1.59 bits per heavy atom. The van der Waals surface area contributed by atoms with E-state index in [9.17, 15) is 4.79 Å². The molecule has 1 rings (SSSR count). The van der Waals surface area contributed by atoms with Crippen molar-refractivity contribution < 1.29 is 14.3 Å². The Bertz CT molecular complexity index is 358. The molecular weight excluding hydrogens is 224 g/mol. The Kier molecular flexibility index (Phi) is 4.92. The normalized spacial score (nSPS) is 12.4. The van der Waals surface area contributed by atoms with Crippen LogP contribution in [-0.4, -0.2) is 49.6 Å². The Hall–Kier alpha value is -1.60. The Balaban J connectivity index is 2.55. The van der Waals surface area contributed by atoms with E-state index in [1.54, 1.807) is 21.1 Å². The highest BCUT2D eigenvalue weighted by molar-refractivity contribution is 5.99. The van der Waals surface area contributed by atoms with Crippen molar-refractivity contribution in [2.24, 2.45) is 0 Å². The van der Waals surface area contributed by atoms with E-state index in [0.29, 0.717) is 24.4 Å². The summed E-state index contributed by atoms with van der Waals surface area (Å²) in [6.07, 6.45) is -0.183. The summed E-state index contributed by atoms with van der Waals surface area (Å²) in [5.74, 6) is -0.0763. The van der Waals surface area contributed by atoms with Crippen molar-refractivity contribution in [1.82, 2.24) is 15.5 Å². The maximum Gasteiger partial charge on any atom is 0.257 e. The molecule has 0 aliphatic carbocycles. The number of aromatic amines is 1. The number of methoxy groups -OCH3 is 2. The fourth-order valence-corrected chi connectivity index (χ4v) is 1.43. The van der Waals surface area contributed by atoms with E-state index in [0.717, 1.165) is 0 Å². The van der Waals surface area contributed by atoms with E-state index in [1.807, 2.05) is 0 Å². The summed E-state index contributed by atoms with van der Waals surface area (Å²) in [6.45, 7) is 2.51. The minimum absolute atomic E-state index is 0.183. The number of hydrogen-bond donors (Lipinski definition) is 3. The predicted molar refractivity (Wildman–Crippen MR) is 62.7 cm³/mol. The lowest BCUT2D eigenvalue weighted by atomic mass is 10.2. The van der Waals surface area contributed by atoms with Crippen LogP contribution in [0.1, 0.15) is 16.1 Å². The zero-order chi connectivity index (χ0) is 12.8. The Morgan fingerprint density at radius 3 is 2.76 bits per heavy atom. The summed E-state index contributed by atoms with van der Waals surface area (Å²) in [5.41, 5.74) is 6.59. The van der Waals surface area contributed by atoms with E-state index < -0.39 is 0 Å². The molecule has 0 fully saturated rings. The highest BCUT2D eigenvalue weighted by atomic mass is 16.5. The highest BCUT2D eigenvalue weighted by Gasteiger charge is 2.17. The summed E-state index contributed by atoms with van der Waals surface area (Å²) in [4.78, 5) is 11.8. The van der Waals surface area contributed by atoms with Crippen molar-refractivity contribution in [3.8, 4) is 0 Å². The molecule has 0 aliphatic heterocycles. The van der Waals surface area contributed by atoms with Crippen molar-refractivity contribution in [2.45, 2.75) is 13.0 Å². The number of carbonyl (C=O) groups excluding carboxylic acids is 1. The van der Waals surface area contributed by atoms with Crippen LogP contribution in [0.25, 0.3) is 0 Å². The third-order valence-electron chi connectivity index (χ3n) is 2.38. The maximum absolute atomic E-state index is 11.8. The van der Waals surface area contributed by atoms with Gasteiger partial charge in [0.25, 0.3) is 5.91 Å². The van der Waals surface area contributed by atoms with Gasteiger partial charge < -0.3 is 20.5 Å². The predicted octanol–water partition coefficient (Wildman–Crippen LogP) is -0.308. The van der Waals surface area contributed by atoms with Crippen LogP contribution in [0.15, 0.2) is 0 Å². The standard InChI is InChI=1S/C10H18N4O3/c1-6-8(9(11)14-13-6)10(15)12-4-7(17-3)5-16-2/h7H,4-5H2,1-3H3,(H,12,15)(H3,11,13,14). The molecule has 0 bridgehead atoms. The van der Waals surface area contributed by atoms with Crippen molar-refractivity contribution in [1.29, 1.82) is 0 Å². The first-order valence-electron chi connectivity index (χ1n) is 5.20.